The summed E-state index contributed by atoms with van der Waals surface area (Å²) in [7, 11) is 0. The molecule has 1 aliphatic rings. The Hall–Kier alpha value is -3.17. The zero-order chi connectivity index (χ0) is 24.7. The maximum absolute atomic E-state index is 12.3. The third-order valence-corrected chi connectivity index (χ3v) is 6.31. The van der Waals surface area contributed by atoms with E-state index in [0.717, 1.165) is 12.1 Å². The Morgan fingerprint density at radius 1 is 1.06 bits per heavy atom. The summed E-state index contributed by atoms with van der Waals surface area (Å²) in [4.78, 5) is 22.6. The van der Waals surface area contributed by atoms with Gasteiger partial charge in [0.15, 0.2) is 0 Å². The predicted octanol–water partition coefficient (Wildman–Crippen LogP) is 5.27. The van der Waals surface area contributed by atoms with Crippen molar-refractivity contribution in [1.29, 1.82) is 0 Å². The Morgan fingerprint density at radius 2 is 1.71 bits per heavy atom. The van der Waals surface area contributed by atoms with Crippen LogP contribution in [0.3, 0.4) is 0 Å². The second-order valence-corrected chi connectivity index (χ2v) is 9.01. The SMILES string of the molecule is Cc1csc(CNC2CC2c2ccc(C(=O)NCc3ccccc3)cc2)c1.O=C(O)C(F)(F)F. The lowest BCUT2D eigenvalue weighted by molar-refractivity contribution is -0.192. The Bertz CT molecular complexity index is 1100. The van der Waals surface area contributed by atoms with Crippen molar-refractivity contribution < 1.29 is 27.9 Å². The summed E-state index contributed by atoms with van der Waals surface area (Å²) in [5.74, 6) is -2.22. The van der Waals surface area contributed by atoms with Gasteiger partial charge in [0.2, 0.25) is 0 Å². The molecule has 0 aliphatic heterocycles. The standard InChI is InChI=1S/C23H24N2OS.C2HF3O2/c1-16-11-20(27-15-16)14-24-22-12-21(22)18-7-9-19(10-8-18)23(26)25-13-17-5-3-2-4-6-17;3-2(4,5)1(6)7/h2-11,15,21-22,24H,12-14H2,1H3,(H,25,26);(H,6,7). The molecule has 2 aromatic carbocycles. The number of thiophene rings is 1. The van der Waals surface area contributed by atoms with Crippen LogP contribution in [0.5, 0.6) is 0 Å². The molecule has 1 amide bonds. The van der Waals surface area contributed by atoms with E-state index in [1.54, 1.807) is 0 Å². The van der Waals surface area contributed by atoms with Gasteiger partial charge in [-0.3, -0.25) is 4.79 Å². The molecular weight excluding hydrogens is 465 g/mol. The molecule has 0 bridgehead atoms. The molecule has 0 spiro atoms. The zero-order valence-corrected chi connectivity index (χ0v) is 19.2. The van der Waals surface area contributed by atoms with Gasteiger partial charge in [-0.05, 0) is 53.6 Å². The third kappa shape index (κ3) is 7.71. The van der Waals surface area contributed by atoms with Crippen molar-refractivity contribution in [2.75, 3.05) is 0 Å². The minimum Gasteiger partial charge on any atom is -0.475 e. The van der Waals surface area contributed by atoms with Gasteiger partial charge in [0, 0.05) is 35.5 Å². The summed E-state index contributed by atoms with van der Waals surface area (Å²) in [6.45, 7) is 3.63. The lowest BCUT2D eigenvalue weighted by atomic mass is 10.1. The van der Waals surface area contributed by atoms with Gasteiger partial charge in [-0.1, -0.05) is 42.5 Å². The number of carboxylic acid groups (broad SMARTS) is 1. The second kappa shape index (κ2) is 11.3. The largest absolute Gasteiger partial charge is 0.490 e. The highest BCUT2D eigenvalue weighted by molar-refractivity contribution is 7.10. The number of rotatable bonds is 7. The number of halogens is 3. The molecule has 2 unspecified atom stereocenters. The Kier molecular flexibility index (Phi) is 8.46. The molecule has 1 saturated carbocycles. The van der Waals surface area contributed by atoms with Crippen LogP contribution in [0.2, 0.25) is 0 Å². The van der Waals surface area contributed by atoms with Crippen molar-refractivity contribution in [1.82, 2.24) is 10.6 Å². The number of alkyl halides is 3. The monoisotopic (exact) mass is 490 g/mol. The van der Waals surface area contributed by atoms with Crippen LogP contribution in [-0.4, -0.2) is 29.2 Å². The van der Waals surface area contributed by atoms with Gasteiger partial charge in [-0.15, -0.1) is 11.3 Å². The average Bonchev–Trinajstić information content (AvgIpc) is 3.48. The van der Waals surface area contributed by atoms with E-state index in [1.807, 2.05) is 53.8 Å². The number of hydrogen-bond donors (Lipinski definition) is 3. The molecule has 1 heterocycles. The first-order chi connectivity index (χ1) is 16.1. The fourth-order valence-corrected chi connectivity index (χ4v) is 4.19. The number of aryl methyl sites for hydroxylation is 1. The Balaban J connectivity index is 0.000000406. The van der Waals surface area contributed by atoms with Crippen molar-refractivity contribution >= 4 is 23.2 Å². The van der Waals surface area contributed by atoms with E-state index in [0.29, 0.717) is 24.1 Å². The van der Waals surface area contributed by atoms with Crippen LogP contribution in [-0.2, 0) is 17.9 Å². The van der Waals surface area contributed by atoms with Gasteiger partial charge in [-0.25, -0.2) is 4.79 Å². The van der Waals surface area contributed by atoms with Crippen molar-refractivity contribution in [2.24, 2.45) is 0 Å². The quantitative estimate of drug-likeness (QED) is 0.422. The molecule has 0 radical (unpaired) electrons. The van der Waals surface area contributed by atoms with Gasteiger partial charge in [0.05, 0.1) is 0 Å². The number of aliphatic carboxylic acids is 1. The first kappa shape index (κ1) is 25.5. The smallest absolute Gasteiger partial charge is 0.475 e. The highest BCUT2D eigenvalue weighted by atomic mass is 32.1. The van der Waals surface area contributed by atoms with Crippen molar-refractivity contribution in [2.45, 2.75) is 44.6 Å². The summed E-state index contributed by atoms with van der Waals surface area (Å²) in [5, 5.41) is 15.9. The number of benzene rings is 2. The number of nitrogens with one attached hydrogen (secondary N) is 2. The van der Waals surface area contributed by atoms with Crippen LogP contribution < -0.4 is 10.6 Å². The van der Waals surface area contributed by atoms with Gasteiger partial charge in [0.1, 0.15) is 0 Å². The van der Waals surface area contributed by atoms with Gasteiger partial charge in [0.25, 0.3) is 5.91 Å². The molecular formula is C25H25F3N2O3S. The molecule has 2 atom stereocenters. The Labute approximate surface area is 199 Å². The molecule has 3 N–H and O–H groups in total. The molecule has 1 fully saturated rings. The first-order valence-corrected chi connectivity index (χ1v) is 11.5. The molecule has 4 rings (SSSR count). The number of carboxylic acids is 1. The second-order valence-electron chi connectivity index (χ2n) is 8.01. The maximum atomic E-state index is 12.3. The lowest BCUT2D eigenvalue weighted by Gasteiger charge is -2.07. The van der Waals surface area contributed by atoms with Crippen LogP contribution in [0.1, 0.15) is 44.3 Å². The van der Waals surface area contributed by atoms with E-state index in [4.69, 9.17) is 9.90 Å². The van der Waals surface area contributed by atoms with E-state index in [-0.39, 0.29) is 5.91 Å². The number of carbonyl (C=O) groups is 2. The van der Waals surface area contributed by atoms with Crippen LogP contribution in [0.15, 0.2) is 66.0 Å². The highest BCUT2D eigenvalue weighted by Gasteiger charge is 2.38. The number of hydrogen-bond acceptors (Lipinski definition) is 4. The van der Waals surface area contributed by atoms with Crippen LogP contribution in [0.4, 0.5) is 13.2 Å². The minimum atomic E-state index is -5.08. The molecule has 9 heteroatoms. The van der Waals surface area contributed by atoms with Crippen molar-refractivity contribution in [3.63, 3.8) is 0 Å². The van der Waals surface area contributed by atoms with E-state index in [2.05, 4.69) is 41.1 Å². The van der Waals surface area contributed by atoms with Gasteiger partial charge >= 0.3 is 12.1 Å². The summed E-state index contributed by atoms with van der Waals surface area (Å²) in [6.07, 6.45) is -3.91. The first-order valence-electron chi connectivity index (χ1n) is 10.6. The highest BCUT2D eigenvalue weighted by Crippen LogP contribution is 2.41. The van der Waals surface area contributed by atoms with Gasteiger partial charge in [-0.2, -0.15) is 13.2 Å². The van der Waals surface area contributed by atoms with Crippen LogP contribution >= 0.6 is 11.3 Å². The number of carbonyl (C=O) groups excluding carboxylic acids is 1. The maximum Gasteiger partial charge on any atom is 0.490 e. The molecule has 3 aromatic rings. The van der Waals surface area contributed by atoms with E-state index < -0.39 is 12.1 Å². The summed E-state index contributed by atoms with van der Waals surface area (Å²) in [5.41, 5.74) is 4.48. The van der Waals surface area contributed by atoms with E-state index in [9.17, 15) is 18.0 Å². The molecule has 1 aliphatic carbocycles. The molecule has 0 saturated heterocycles. The van der Waals surface area contributed by atoms with Gasteiger partial charge < -0.3 is 15.7 Å². The van der Waals surface area contributed by atoms with Crippen molar-refractivity contribution in [3.8, 4) is 0 Å². The predicted molar refractivity (Wildman–Crippen MR) is 125 cm³/mol. The summed E-state index contributed by atoms with van der Waals surface area (Å²) in [6, 6.07) is 20.8. The third-order valence-electron chi connectivity index (χ3n) is 5.25. The fraction of sp³-hybridized carbons (Fsp3) is 0.280. The van der Waals surface area contributed by atoms with Crippen molar-refractivity contribution in [3.05, 3.63) is 93.2 Å². The fourth-order valence-electron chi connectivity index (χ4n) is 3.37. The Morgan fingerprint density at radius 3 is 2.26 bits per heavy atom. The van der Waals surface area contributed by atoms with Crippen LogP contribution in [0, 0.1) is 6.92 Å². The average molecular weight is 491 g/mol. The summed E-state index contributed by atoms with van der Waals surface area (Å²) < 4.78 is 31.7. The number of amides is 1. The normalized spacial score (nSPS) is 16.8. The topological polar surface area (TPSA) is 78.4 Å². The van der Waals surface area contributed by atoms with Crippen LogP contribution in [0.25, 0.3) is 0 Å². The van der Waals surface area contributed by atoms with E-state index in [1.165, 1.54) is 22.4 Å². The minimum absolute atomic E-state index is 0.0241. The molecule has 180 valence electrons. The molecule has 34 heavy (non-hydrogen) atoms. The molecule has 5 nitrogen and oxygen atoms in total. The summed E-state index contributed by atoms with van der Waals surface area (Å²) >= 11 is 1.82. The lowest BCUT2D eigenvalue weighted by Crippen LogP contribution is -2.22. The zero-order valence-electron chi connectivity index (χ0n) is 18.4. The molecule has 1 aromatic heterocycles. The van der Waals surface area contributed by atoms with E-state index >= 15 is 0 Å².